The van der Waals surface area contributed by atoms with E-state index in [1.807, 2.05) is 0 Å². The van der Waals surface area contributed by atoms with Crippen LogP contribution in [0, 0.1) is 5.92 Å². The summed E-state index contributed by atoms with van der Waals surface area (Å²) in [5.41, 5.74) is 0. The first-order chi connectivity index (χ1) is 3.70. The zero-order valence-corrected chi connectivity index (χ0v) is 6.02. The largest absolute Gasteiger partial charge is 0.298 e. The van der Waals surface area contributed by atoms with E-state index in [1.54, 1.807) is 0 Å². The lowest BCUT2D eigenvalue weighted by atomic mass is 10.2. The molecule has 2 unspecified atom stereocenters. The van der Waals surface area contributed by atoms with Crippen LogP contribution in [0.25, 0.3) is 0 Å². The number of hydrogen-bond donors (Lipinski definition) is 0. The van der Waals surface area contributed by atoms with Crippen LogP contribution in [0.3, 0.4) is 0 Å². The minimum Gasteiger partial charge on any atom is -0.298 e. The molecule has 1 nitrogen and oxygen atoms in total. The van der Waals surface area contributed by atoms with Crippen molar-refractivity contribution in [3.8, 4) is 0 Å². The van der Waals surface area contributed by atoms with Crippen molar-refractivity contribution in [2.24, 2.45) is 5.92 Å². The van der Waals surface area contributed by atoms with Crippen LogP contribution in [0.5, 0.6) is 0 Å². The minimum atomic E-state index is 0.847. The molecule has 1 fully saturated rings. The van der Waals surface area contributed by atoms with Crippen LogP contribution in [0.15, 0.2) is 0 Å². The van der Waals surface area contributed by atoms with Crippen LogP contribution >= 0.6 is 0 Å². The quantitative estimate of drug-likeness (QED) is 0.488. The minimum absolute atomic E-state index is 0.847. The Labute approximate surface area is 51.7 Å². The molecule has 0 N–H and O–H groups in total. The van der Waals surface area contributed by atoms with Crippen LogP contribution < -0.4 is 0 Å². The summed E-state index contributed by atoms with van der Waals surface area (Å²) in [7, 11) is 0. The molecular weight excluding hydrogens is 98.1 g/mol. The number of rotatable bonds is 2. The van der Waals surface area contributed by atoms with Crippen LogP contribution in [0.2, 0.25) is 0 Å². The van der Waals surface area contributed by atoms with Gasteiger partial charge in [-0.25, -0.2) is 0 Å². The summed E-state index contributed by atoms with van der Waals surface area (Å²) in [6, 6.07) is 0.886. The van der Waals surface area contributed by atoms with E-state index in [9.17, 15) is 0 Å². The molecule has 1 saturated heterocycles. The molecular formula is C7H15N. The first kappa shape index (κ1) is 6.09. The second-order valence-electron chi connectivity index (χ2n) is 3.20. The molecule has 0 bridgehead atoms. The molecule has 1 heteroatoms. The number of nitrogens with zero attached hydrogens (tertiary/aromatic N) is 1. The lowest BCUT2D eigenvalue weighted by Gasteiger charge is -2.03. The third kappa shape index (κ3) is 1.48. The van der Waals surface area contributed by atoms with Gasteiger partial charge in [0.25, 0.3) is 0 Å². The van der Waals surface area contributed by atoms with Crippen molar-refractivity contribution in [2.45, 2.75) is 26.8 Å². The van der Waals surface area contributed by atoms with Crippen molar-refractivity contribution < 1.29 is 0 Å². The summed E-state index contributed by atoms with van der Waals surface area (Å²) < 4.78 is 0. The average molecular weight is 113 g/mol. The van der Waals surface area contributed by atoms with Gasteiger partial charge in [0.05, 0.1) is 0 Å². The van der Waals surface area contributed by atoms with Crippen molar-refractivity contribution in [2.75, 3.05) is 13.1 Å². The Morgan fingerprint density at radius 2 is 2.12 bits per heavy atom. The Balaban J connectivity index is 2.05. The summed E-state index contributed by atoms with van der Waals surface area (Å²) in [5.74, 6) is 0.847. The van der Waals surface area contributed by atoms with E-state index in [0.29, 0.717) is 0 Å². The van der Waals surface area contributed by atoms with Gasteiger partial charge in [0.15, 0.2) is 0 Å². The van der Waals surface area contributed by atoms with E-state index in [2.05, 4.69) is 25.7 Å². The highest BCUT2D eigenvalue weighted by Gasteiger charge is 2.28. The van der Waals surface area contributed by atoms with Crippen LogP contribution in [0.1, 0.15) is 20.8 Å². The van der Waals surface area contributed by atoms with Gasteiger partial charge in [-0.05, 0) is 12.8 Å². The van der Waals surface area contributed by atoms with Crippen molar-refractivity contribution in [1.29, 1.82) is 0 Å². The lowest BCUT2D eigenvalue weighted by molar-refractivity contribution is 0.435. The highest BCUT2D eigenvalue weighted by molar-refractivity contribution is 4.84. The zero-order chi connectivity index (χ0) is 6.15. The highest BCUT2D eigenvalue weighted by Crippen LogP contribution is 2.17. The van der Waals surface area contributed by atoms with Crippen molar-refractivity contribution >= 4 is 0 Å². The van der Waals surface area contributed by atoms with Gasteiger partial charge in [-0.1, -0.05) is 13.8 Å². The average Bonchev–Trinajstić information content (AvgIpc) is 2.17. The van der Waals surface area contributed by atoms with Crippen LogP contribution in [0.4, 0.5) is 0 Å². The Morgan fingerprint density at radius 1 is 1.62 bits per heavy atom. The number of hydrogen-bond acceptors (Lipinski definition) is 1. The molecule has 1 aliphatic heterocycles. The molecule has 1 heterocycles. The van der Waals surface area contributed by atoms with E-state index in [1.165, 1.54) is 13.1 Å². The summed E-state index contributed by atoms with van der Waals surface area (Å²) >= 11 is 0. The van der Waals surface area contributed by atoms with Gasteiger partial charge < -0.3 is 0 Å². The summed E-state index contributed by atoms with van der Waals surface area (Å²) in [6.45, 7) is 9.44. The fraction of sp³-hybridized carbons (Fsp3) is 1.00. The highest BCUT2D eigenvalue weighted by atomic mass is 15.3. The zero-order valence-electron chi connectivity index (χ0n) is 6.02. The van der Waals surface area contributed by atoms with Crippen LogP contribution in [-0.2, 0) is 0 Å². The van der Waals surface area contributed by atoms with Crippen molar-refractivity contribution in [1.82, 2.24) is 4.90 Å². The van der Waals surface area contributed by atoms with Gasteiger partial charge in [0, 0.05) is 19.1 Å². The van der Waals surface area contributed by atoms with Gasteiger partial charge >= 0.3 is 0 Å². The molecule has 0 aliphatic carbocycles. The second-order valence-corrected chi connectivity index (χ2v) is 3.20. The topological polar surface area (TPSA) is 3.01 Å². The van der Waals surface area contributed by atoms with E-state index in [-0.39, 0.29) is 0 Å². The maximum absolute atomic E-state index is 2.49. The molecule has 0 aromatic rings. The third-order valence-electron chi connectivity index (χ3n) is 1.59. The molecule has 2 atom stereocenters. The monoisotopic (exact) mass is 113 g/mol. The Bertz CT molecular complexity index is 78.5. The molecule has 0 aromatic carbocycles. The van der Waals surface area contributed by atoms with E-state index < -0.39 is 0 Å². The van der Waals surface area contributed by atoms with Gasteiger partial charge in [0.2, 0.25) is 0 Å². The molecule has 1 aliphatic rings. The predicted molar refractivity (Wildman–Crippen MR) is 35.9 cm³/mol. The molecule has 0 radical (unpaired) electrons. The molecule has 0 saturated carbocycles. The first-order valence-corrected chi connectivity index (χ1v) is 3.44. The fourth-order valence-corrected chi connectivity index (χ4v) is 1.02. The molecule has 0 aromatic heterocycles. The van der Waals surface area contributed by atoms with Gasteiger partial charge in [0.1, 0.15) is 0 Å². The summed E-state index contributed by atoms with van der Waals surface area (Å²) in [5, 5.41) is 0. The van der Waals surface area contributed by atoms with Gasteiger partial charge in [-0.15, -0.1) is 0 Å². The smallest absolute Gasteiger partial charge is 0.0195 e. The second kappa shape index (κ2) is 2.06. The summed E-state index contributed by atoms with van der Waals surface area (Å²) in [6.07, 6.45) is 0. The van der Waals surface area contributed by atoms with Crippen molar-refractivity contribution in [3.63, 3.8) is 0 Å². The van der Waals surface area contributed by atoms with Gasteiger partial charge in [-0.2, -0.15) is 0 Å². The summed E-state index contributed by atoms with van der Waals surface area (Å²) in [4.78, 5) is 2.49. The van der Waals surface area contributed by atoms with Crippen molar-refractivity contribution in [3.05, 3.63) is 0 Å². The molecule has 0 amide bonds. The maximum atomic E-state index is 2.49. The maximum Gasteiger partial charge on any atom is 0.0195 e. The Morgan fingerprint density at radius 3 is 2.25 bits per heavy atom. The molecule has 48 valence electrons. The Kier molecular flexibility index (Phi) is 1.57. The molecule has 8 heavy (non-hydrogen) atoms. The lowest BCUT2D eigenvalue weighted by Crippen LogP contribution is -2.08. The first-order valence-electron chi connectivity index (χ1n) is 3.44. The standard InChI is InChI=1S/C7H15N/c1-6(2)4-8-5-7(8)3/h6-7H,4-5H2,1-3H3. The fourth-order valence-electron chi connectivity index (χ4n) is 1.02. The SMILES string of the molecule is CC(C)CN1CC1C. The van der Waals surface area contributed by atoms with Crippen LogP contribution in [-0.4, -0.2) is 24.0 Å². The predicted octanol–water partition coefficient (Wildman–Crippen LogP) is 1.35. The van der Waals surface area contributed by atoms with E-state index >= 15 is 0 Å². The third-order valence-corrected chi connectivity index (χ3v) is 1.59. The molecule has 1 rings (SSSR count). The Hall–Kier alpha value is -0.0400. The normalized spacial score (nSPS) is 36.0. The molecule has 0 spiro atoms. The van der Waals surface area contributed by atoms with Gasteiger partial charge in [-0.3, -0.25) is 4.90 Å². The van der Waals surface area contributed by atoms with E-state index in [4.69, 9.17) is 0 Å². The van der Waals surface area contributed by atoms with E-state index in [0.717, 1.165) is 12.0 Å².